The van der Waals surface area contributed by atoms with Crippen LogP contribution in [-0.2, 0) is 6.54 Å². The Kier molecular flexibility index (Phi) is 6.36. The molecule has 0 aliphatic carbocycles. The Morgan fingerprint density at radius 1 is 1.62 bits per heavy atom. The molecular weight excluding hydrogens is 190 g/mol. The van der Waals surface area contributed by atoms with Gasteiger partial charge in [-0.2, -0.15) is 5.10 Å². The van der Waals surface area contributed by atoms with E-state index >= 15 is 0 Å². The van der Waals surface area contributed by atoms with Crippen LogP contribution in [0.2, 0.25) is 0 Å². The normalized spacial score (nSPS) is 9.38. The van der Waals surface area contributed by atoms with Gasteiger partial charge < -0.3 is 10.5 Å². The highest BCUT2D eigenvalue weighted by molar-refractivity contribution is 5.85. The Labute approximate surface area is 84.5 Å². The topological polar surface area (TPSA) is 53.1 Å². The first-order valence-electron chi connectivity index (χ1n) is 4.22. The summed E-state index contributed by atoms with van der Waals surface area (Å²) in [6.07, 6.45) is 4.68. The first-order chi connectivity index (χ1) is 5.86. The number of nitrogens with two attached hydrogens (primary N) is 1. The highest BCUT2D eigenvalue weighted by atomic mass is 35.5. The van der Waals surface area contributed by atoms with E-state index in [0.717, 1.165) is 18.7 Å². The molecule has 0 fully saturated rings. The lowest BCUT2D eigenvalue weighted by atomic mass is 10.5. The third kappa shape index (κ3) is 4.15. The Hall–Kier alpha value is -0.740. The first-order valence-corrected chi connectivity index (χ1v) is 4.22. The largest absolute Gasteiger partial charge is 0.489 e. The van der Waals surface area contributed by atoms with Gasteiger partial charge in [0.25, 0.3) is 0 Å². The number of rotatable bonds is 5. The quantitative estimate of drug-likeness (QED) is 0.782. The molecule has 0 saturated carbocycles. The van der Waals surface area contributed by atoms with Gasteiger partial charge in [-0.25, -0.2) is 0 Å². The van der Waals surface area contributed by atoms with Crippen LogP contribution in [0.25, 0.3) is 0 Å². The van der Waals surface area contributed by atoms with Crippen LogP contribution in [0.3, 0.4) is 0 Å². The molecule has 0 atom stereocenters. The molecule has 2 N–H and O–H groups in total. The van der Waals surface area contributed by atoms with Crippen LogP contribution in [0, 0.1) is 0 Å². The van der Waals surface area contributed by atoms with Gasteiger partial charge in [-0.15, -0.1) is 12.4 Å². The van der Waals surface area contributed by atoms with Gasteiger partial charge in [-0.05, 0) is 6.42 Å². The van der Waals surface area contributed by atoms with Crippen molar-refractivity contribution in [1.29, 1.82) is 0 Å². The van der Waals surface area contributed by atoms with Crippen molar-refractivity contribution in [3.8, 4) is 5.75 Å². The molecule has 1 heterocycles. The molecule has 0 spiro atoms. The maximum atomic E-state index is 5.29. The van der Waals surface area contributed by atoms with Crippen molar-refractivity contribution in [3.05, 3.63) is 12.4 Å². The Morgan fingerprint density at radius 3 is 3.00 bits per heavy atom. The fraction of sp³-hybridized carbons (Fsp3) is 0.625. The van der Waals surface area contributed by atoms with Gasteiger partial charge in [-0.3, -0.25) is 4.68 Å². The second kappa shape index (κ2) is 6.74. The van der Waals surface area contributed by atoms with Gasteiger partial charge >= 0.3 is 0 Å². The number of aryl methyl sites for hydroxylation is 1. The van der Waals surface area contributed by atoms with Gasteiger partial charge in [-0.1, -0.05) is 6.92 Å². The fourth-order valence-corrected chi connectivity index (χ4v) is 0.947. The van der Waals surface area contributed by atoms with Gasteiger partial charge in [0.15, 0.2) is 5.75 Å². The molecule has 5 heteroatoms. The first kappa shape index (κ1) is 12.3. The van der Waals surface area contributed by atoms with E-state index in [9.17, 15) is 0 Å². The van der Waals surface area contributed by atoms with E-state index in [1.54, 1.807) is 6.20 Å². The van der Waals surface area contributed by atoms with Crippen molar-refractivity contribution < 1.29 is 4.74 Å². The van der Waals surface area contributed by atoms with Crippen LogP contribution in [0.1, 0.15) is 13.3 Å². The molecule has 1 aromatic heterocycles. The van der Waals surface area contributed by atoms with Crippen molar-refractivity contribution in [2.45, 2.75) is 19.9 Å². The van der Waals surface area contributed by atoms with Crippen molar-refractivity contribution in [2.75, 3.05) is 13.2 Å². The van der Waals surface area contributed by atoms with Crippen LogP contribution in [0.15, 0.2) is 12.4 Å². The second-order valence-electron chi connectivity index (χ2n) is 2.58. The van der Waals surface area contributed by atoms with Crippen LogP contribution >= 0.6 is 12.4 Å². The van der Waals surface area contributed by atoms with E-state index in [2.05, 4.69) is 12.0 Å². The van der Waals surface area contributed by atoms with E-state index in [4.69, 9.17) is 10.5 Å². The molecule has 0 bridgehead atoms. The van der Waals surface area contributed by atoms with Crippen molar-refractivity contribution in [1.82, 2.24) is 9.78 Å². The molecule has 0 saturated heterocycles. The van der Waals surface area contributed by atoms with Crippen LogP contribution in [-0.4, -0.2) is 22.9 Å². The van der Waals surface area contributed by atoms with E-state index in [1.807, 2.05) is 10.9 Å². The summed E-state index contributed by atoms with van der Waals surface area (Å²) < 4.78 is 7.14. The maximum absolute atomic E-state index is 5.29. The maximum Gasteiger partial charge on any atom is 0.157 e. The fourth-order valence-electron chi connectivity index (χ4n) is 0.947. The van der Waals surface area contributed by atoms with Crippen molar-refractivity contribution in [3.63, 3.8) is 0 Å². The number of halogens is 1. The lowest BCUT2D eigenvalue weighted by Crippen LogP contribution is -2.10. The lowest BCUT2D eigenvalue weighted by Gasteiger charge is -1.98. The van der Waals surface area contributed by atoms with Crippen molar-refractivity contribution in [2.24, 2.45) is 5.73 Å². The smallest absolute Gasteiger partial charge is 0.157 e. The molecule has 0 amide bonds. The minimum atomic E-state index is 0. The van der Waals surface area contributed by atoms with Gasteiger partial charge in [0.2, 0.25) is 0 Å². The van der Waals surface area contributed by atoms with Gasteiger partial charge in [0.1, 0.15) is 6.61 Å². The average Bonchev–Trinajstić information content (AvgIpc) is 2.50. The molecule has 13 heavy (non-hydrogen) atoms. The molecule has 0 aromatic carbocycles. The lowest BCUT2D eigenvalue weighted by molar-refractivity contribution is 0.327. The number of aromatic nitrogens is 2. The number of ether oxygens (including phenoxy) is 1. The summed E-state index contributed by atoms with van der Waals surface area (Å²) in [5.74, 6) is 0.800. The Balaban J connectivity index is 0.00000144. The molecule has 4 nitrogen and oxygen atoms in total. The van der Waals surface area contributed by atoms with Crippen LogP contribution < -0.4 is 10.5 Å². The minimum absolute atomic E-state index is 0. The summed E-state index contributed by atoms with van der Waals surface area (Å²) in [5, 5.41) is 4.11. The van der Waals surface area contributed by atoms with Gasteiger partial charge in [0, 0.05) is 13.1 Å². The summed E-state index contributed by atoms with van der Waals surface area (Å²) in [6.45, 7) is 4.14. The minimum Gasteiger partial charge on any atom is -0.489 e. The van der Waals surface area contributed by atoms with E-state index in [-0.39, 0.29) is 12.4 Å². The second-order valence-corrected chi connectivity index (χ2v) is 2.58. The summed E-state index contributed by atoms with van der Waals surface area (Å²) in [4.78, 5) is 0. The molecule has 1 aromatic rings. The molecule has 0 aliphatic heterocycles. The predicted octanol–water partition coefficient (Wildman–Crippen LogP) is 1.05. The molecule has 0 unspecified atom stereocenters. The van der Waals surface area contributed by atoms with Crippen LogP contribution in [0.4, 0.5) is 0 Å². The third-order valence-corrected chi connectivity index (χ3v) is 1.45. The number of hydrogen-bond donors (Lipinski definition) is 1. The zero-order valence-corrected chi connectivity index (χ0v) is 8.59. The Bertz CT molecular complexity index is 227. The van der Waals surface area contributed by atoms with E-state index < -0.39 is 0 Å². The summed E-state index contributed by atoms with van der Waals surface area (Å²) in [5.41, 5.74) is 5.29. The highest BCUT2D eigenvalue weighted by Gasteiger charge is 1.96. The standard InChI is InChI=1S/C8H15N3O.ClH/c1-2-4-11-7-8(6-10-11)12-5-3-9;/h6-7H,2-5,9H2,1H3;1H. The monoisotopic (exact) mass is 205 g/mol. The summed E-state index contributed by atoms with van der Waals surface area (Å²) in [6, 6.07) is 0. The SMILES string of the molecule is CCCn1cc(OCCN)cn1.Cl. The number of hydrogen-bond acceptors (Lipinski definition) is 3. The summed E-state index contributed by atoms with van der Waals surface area (Å²) in [7, 11) is 0. The average molecular weight is 206 g/mol. The molecule has 0 aliphatic rings. The number of nitrogens with zero attached hydrogens (tertiary/aromatic N) is 2. The zero-order chi connectivity index (χ0) is 8.81. The van der Waals surface area contributed by atoms with Crippen molar-refractivity contribution >= 4 is 12.4 Å². The highest BCUT2D eigenvalue weighted by Crippen LogP contribution is 2.07. The third-order valence-electron chi connectivity index (χ3n) is 1.45. The van der Waals surface area contributed by atoms with Crippen LogP contribution in [0.5, 0.6) is 5.75 Å². The zero-order valence-electron chi connectivity index (χ0n) is 7.77. The molecule has 76 valence electrons. The van der Waals surface area contributed by atoms with E-state index in [1.165, 1.54) is 0 Å². The Morgan fingerprint density at radius 2 is 2.38 bits per heavy atom. The van der Waals surface area contributed by atoms with E-state index in [0.29, 0.717) is 13.2 Å². The molecule has 0 radical (unpaired) electrons. The predicted molar refractivity (Wildman–Crippen MR) is 54.3 cm³/mol. The molecule has 1 rings (SSSR count). The molecular formula is C8H16ClN3O. The summed E-state index contributed by atoms with van der Waals surface area (Å²) >= 11 is 0. The van der Waals surface area contributed by atoms with Gasteiger partial charge in [0.05, 0.1) is 12.4 Å².